The topological polar surface area (TPSA) is 20.3 Å². The molecule has 114 valence electrons. The van der Waals surface area contributed by atoms with E-state index in [-0.39, 0.29) is 5.78 Å². The van der Waals surface area contributed by atoms with Crippen LogP contribution in [0.25, 0.3) is 0 Å². The molecule has 3 aromatic rings. The first-order valence-electron chi connectivity index (χ1n) is 7.83. The van der Waals surface area contributed by atoms with Gasteiger partial charge in [-0.2, -0.15) is 0 Å². The molecule has 0 radical (unpaired) electrons. The molecule has 3 rings (SSSR count). The fraction of sp³-hybridized carbons (Fsp3) is 0.0952. The minimum atomic E-state index is 0.160. The molecule has 23 heavy (non-hydrogen) atoms. The number of nitrogens with zero attached hydrogens (tertiary/aromatic N) is 1. The Labute approximate surface area is 137 Å². The minimum Gasteiger partial charge on any atom is -0.310 e. The summed E-state index contributed by atoms with van der Waals surface area (Å²) in [7, 11) is 0. The first kappa shape index (κ1) is 15.0. The van der Waals surface area contributed by atoms with Crippen LogP contribution in [0.4, 0.5) is 17.1 Å². The van der Waals surface area contributed by atoms with Crippen LogP contribution in [0.5, 0.6) is 0 Å². The van der Waals surface area contributed by atoms with Crippen molar-refractivity contribution in [1.82, 2.24) is 0 Å². The summed E-state index contributed by atoms with van der Waals surface area (Å²) in [5.74, 6) is 0.160. The molecule has 0 atom stereocenters. The standard InChI is InChI=1S/C21H19NO/c1-2-21(23)17-10-9-15-20(16-17)22(18-11-5-3-6-12-18)19-13-7-4-8-14-19/h3-16H,2H2,1H3. The average Bonchev–Trinajstić information content (AvgIpc) is 2.63. The summed E-state index contributed by atoms with van der Waals surface area (Å²) in [6.45, 7) is 1.89. The highest BCUT2D eigenvalue weighted by Crippen LogP contribution is 2.34. The first-order chi connectivity index (χ1) is 11.3. The molecule has 0 saturated carbocycles. The van der Waals surface area contributed by atoms with Crippen LogP contribution in [-0.4, -0.2) is 5.78 Å². The van der Waals surface area contributed by atoms with E-state index in [0.29, 0.717) is 6.42 Å². The zero-order valence-electron chi connectivity index (χ0n) is 13.1. The van der Waals surface area contributed by atoms with Gasteiger partial charge in [0.25, 0.3) is 0 Å². The maximum atomic E-state index is 12.0. The van der Waals surface area contributed by atoms with Crippen molar-refractivity contribution in [1.29, 1.82) is 0 Å². The highest BCUT2D eigenvalue weighted by Gasteiger charge is 2.13. The van der Waals surface area contributed by atoms with Gasteiger partial charge in [0, 0.05) is 29.0 Å². The third-order valence-corrected chi connectivity index (χ3v) is 3.78. The number of anilines is 3. The fourth-order valence-electron chi connectivity index (χ4n) is 2.62. The molecule has 0 unspecified atom stereocenters. The molecule has 0 N–H and O–H groups in total. The third kappa shape index (κ3) is 3.32. The van der Waals surface area contributed by atoms with Crippen LogP contribution in [-0.2, 0) is 0 Å². The lowest BCUT2D eigenvalue weighted by atomic mass is 10.1. The third-order valence-electron chi connectivity index (χ3n) is 3.78. The second kappa shape index (κ2) is 6.93. The van der Waals surface area contributed by atoms with E-state index in [0.717, 1.165) is 22.6 Å². The van der Waals surface area contributed by atoms with Crippen LogP contribution >= 0.6 is 0 Å². The van der Waals surface area contributed by atoms with Crippen LogP contribution < -0.4 is 4.90 Å². The molecular weight excluding hydrogens is 282 g/mol. The first-order valence-corrected chi connectivity index (χ1v) is 7.83. The van der Waals surface area contributed by atoms with Crippen molar-refractivity contribution in [2.75, 3.05) is 4.90 Å². The second-order valence-corrected chi connectivity index (χ2v) is 5.33. The molecule has 0 saturated heterocycles. The Balaban J connectivity index is 2.11. The van der Waals surface area contributed by atoms with Gasteiger partial charge in [-0.15, -0.1) is 0 Å². The fourth-order valence-corrected chi connectivity index (χ4v) is 2.62. The van der Waals surface area contributed by atoms with E-state index in [1.54, 1.807) is 0 Å². The van der Waals surface area contributed by atoms with Crippen molar-refractivity contribution in [3.8, 4) is 0 Å². The van der Waals surface area contributed by atoms with E-state index >= 15 is 0 Å². The predicted octanol–water partition coefficient (Wildman–Crippen LogP) is 5.75. The van der Waals surface area contributed by atoms with Crippen molar-refractivity contribution in [2.24, 2.45) is 0 Å². The monoisotopic (exact) mass is 301 g/mol. The summed E-state index contributed by atoms with van der Waals surface area (Å²) in [4.78, 5) is 14.2. The lowest BCUT2D eigenvalue weighted by molar-refractivity contribution is 0.0988. The molecule has 3 aromatic carbocycles. The molecule has 2 heteroatoms. The van der Waals surface area contributed by atoms with E-state index in [1.807, 2.05) is 67.6 Å². The molecule has 0 aliphatic heterocycles. The van der Waals surface area contributed by atoms with E-state index in [9.17, 15) is 4.79 Å². The Morgan fingerprint density at radius 3 is 1.78 bits per heavy atom. The van der Waals surface area contributed by atoms with Crippen LogP contribution in [0.15, 0.2) is 84.9 Å². The summed E-state index contributed by atoms with van der Waals surface area (Å²) in [6.07, 6.45) is 0.514. The molecule has 2 nitrogen and oxygen atoms in total. The lowest BCUT2D eigenvalue weighted by Gasteiger charge is -2.25. The number of ketones is 1. The largest absolute Gasteiger partial charge is 0.310 e. The molecule has 0 aromatic heterocycles. The van der Waals surface area contributed by atoms with Crippen LogP contribution in [0.2, 0.25) is 0 Å². The Bertz CT molecular complexity index is 742. The normalized spacial score (nSPS) is 10.3. The summed E-state index contributed by atoms with van der Waals surface area (Å²) < 4.78 is 0. The van der Waals surface area contributed by atoms with Gasteiger partial charge >= 0.3 is 0 Å². The van der Waals surface area contributed by atoms with Gasteiger partial charge in [-0.05, 0) is 36.4 Å². The zero-order valence-corrected chi connectivity index (χ0v) is 13.1. The Morgan fingerprint density at radius 1 is 0.739 bits per heavy atom. The van der Waals surface area contributed by atoms with Gasteiger partial charge in [-0.3, -0.25) is 4.79 Å². The van der Waals surface area contributed by atoms with Crippen LogP contribution in [0.1, 0.15) is 23.7 Å². The van der Waals surface area contributed by atoms with Crippen LogP contribution in [0, 0.1) is 0 Å². The van der Waals surface area contributed by atoms with Crippen molar-refractivity contribution >= 4 is 22.8 Å². The smallest absolute Gasteiger partial charge is 0.162 e. The SMILES string of the molecule is CCC(=O)c1cccc(N(c2ccccc2)c2ccccc2)c1. The highest BCUT2D eigenvalue weighted by molar-refractivity contribution is 5.97. The lowest BCUT2D eigenvalue weighted by Crippen LogP contribution is -2.10. The highest BCUT2D eigenvalue weighted by atomic mass is 16.1. The summed E-state index contributed by atoms with van der Waals surface area (Å²) in [5, 5.41) is 0. The molecule has 0 aliphatic carbocycles. The quantitative estimate of drug-likeness (QED) is 0.559. The van der Waals surface area contributed by atoms with E-state index in [2.05, 4.69) is 29.2 Å². The Hall–Kier alpha value is -2.87. The zero-order chi connectivity index (χ0) is 16.1. The van der Waals surface area contributed by atoms with Gasteiger partial charge in [0.2, 0.25) is 0 Å². The second-order valence-electron chi connectivity index (χ2n) is 5.33. The molecule has 0 bridgehead atoms. The van der Waals surface area contributed by atoms with E-state index in [1.165, 1.54) is 0 Å². The Morgan fingerprint density at radius 2 is 1.26 bits per heavy atom. The number of benzene rings is 3. The van der Waals surface area contributed by atoms with Crippen molar-refractivity contribution in [2.45, 2.75) is 13.3 Å². The number of carbonyl (C=O) groups excluding carboxylic acids is 1. The number of para-hydroxylation sites is 2. The van der Waals surface area contributed by atoms with Gasteiger partial charge in [0.15, 0.2) is 5.78 Å². The Kier molecular flexibility index (Phi) is 4.53. The van der Waals surface area contributed by atoms with Crippen molar-refractivity contribution in [3.63, 3.8) is 0 Å². The summed E-state index contributed by atoms with van der Waals surface area (Å²) in [6, 6.07) is 28.2. The molecule has 0 aliphatic rings. The molecular formula is C21H19NO. The van der Waals surface area contributed by atoms with Crippen molar-refractivity contribution in [3.05, 3.63) is 90.5 Å². The number of Topliss-reactive ketones (excluding diaryl/α,β-unsaturated/α-hetero) is 1. The van der Waals surface area contributed by atoms with E-state index < -0.39 is 0 Å². The maximum absolute atomic E-state index is 12.0. The summed E-state index contributed by atoms with van der Waals surface area (Å²) >= 11 is 0. The molecule has 0 fully saturated rings. The molecule has 0 amide bonds. The van der Waals surface area contributed by atoms with Gasteiger partial charge < -0.3 is 4.90 Å². The maximum Gasteiger partial charge on any atom is 0.162 e. The van der Waals surface area contributed by atoms with Gasteiger partial charge in [0.05, 0.1) is 0 Å². The number of hydrogen-bond donors (Lipinski definition) is 0. The van der Waals surface area contributed by atoms with Gasteiger partial charge in [0.1, 0.15) is 0 Å². The number of hydrogen-bond acceptors (Lipinski definition) is 2. The molecule has 0 heterocycles. The number of rotatable bonds is 5. The average molecular weight is 301 g/mol. The molecule has 0 spiro atoms. The van der Waals surface area contributed by atoms with Gasteiger partial charge in [-0.1, -0.05) is 55.5 Å². The van der Waals surface area contributed by atoms with Crippen LogP contribution in [0.3, 0.4) is 0 Å². The van der Waals surface area contributed by atoms with E-state index in [4.69, 9.17) is 0 Å². The minimum absolute atomic E-state index is 0.160. The number of carbonyl (C=O) groups is 1. The van der Waals surface area contributed by atoms with Gasteiger partial charge in [-0.25, -0.2) is 0 Å². The van der Waals surface area contributed by atoms with Crippen molar-refractivity contribution < 1.29 is 4.79 Å². The summed E-state index contributed by atoms with van der Waals surface area (Å²) in [5.41, 5.74) is 3.88. The predicted molar refractivity (Wildman–Crippen MR) is 95.7 cm³/mol.